The summed E-state index contributed by atoms with van der Waals surface area (Å²) < 4.78 is 24.7. The smallest absolute Gasteiger partial charge is 0.267 e. The van der Waals surface area contributed by atoms with Crippen LogP contribution in [-0.4, -0.2) is 16.8 Å². The first-order valence-electron chi connectivity index (χ1n) is 4.28. The average Bonchev–Trinajstić information content (AvgIpc) is 2.17. The Balaban J connectivity index is 3.06. The first kappa shape index (κ1) is 10.9. The van der Waals surface area contributed by atoms with E-state index >= 15 is 0 Å². The van der Waals surface area contributed by atoms with E-state index in [2.05, 4.69) is 0 Å². The molecule has 78 valence electrons. The fourth-order valence-corrected chi connectivity index (χ4v) is 1.16. The zero-order valence-corrected chi connectivity index (χ0v) is 7.74. The topological polar surface area (TPSA) is 40.5 Å². The SMILES string of the molecule is CC(CO)c1ccc(O)c(C(F)F)c1. The van der Waals surface area contributed by atoms with Crippen molar-refractivity contribution >= 4 is 0 Å². The van der Waals surface area contributed by atoms with E-state index in [1.165, 1.54) is 18.2 Å². The lowest BCUT2D eigenvalue weighted by Crippen LogP contribution is -2.00. The third-order valence-corrected chi connectivity index (χ3v) is 2.13. The minimum Gasteiger partial charge on any atom is -0.507 e. The number of rotatable bonds is 3. The van der Waals surface area contributed by atoms with Crippen molar-refractivity contribution < 1.29 is 19.0 Å². The Hall–Kier alpha value is -1.16. The molecule has 0 amide bonds. The third kappa shape index (κ3) is 2.20. The van der Waals surface area contributed by atoms with Crippen LogP contribution >= 0.6 is 0 Å². The van der Waals surface area contributed by atoms with Crippen LogP contribution in [0.2, 0.25) is 0 Å². The molecule has 1 rings (SSSR count). The maximum absolute atomic E-state index is 12.4. The molecule has 0 saturated heterocycles. The number of phenols is 1. The lowest BCUT2D eigenvalue weighted by molar-refractivity contribution is 0.147. The largest absolute Gasteiger partial charge is 0.507 e. The highest BCUT2D eigenvalue weighted by atomic mass is 19.3. The molecule has 1 aromatic carbocycles. The second-order valence-electron chi connectivity index (χ2n) is 3.20. The second-order valence-corrected chi connectivity index (χ2v) is 3.20. The summed E-state index contributed by atoms with van der Waals surface area (Å²) in [6.45, 7) is 1.62. The van der Waals surface area contributed by atoms with Crippen LogP contribution in [0.25, 0.3) is 0 Å². The fourth-order valence-electron chi connectivity index (χ4n) is 1.16. The van der Waals surface area contributed by atoms with E-state index in [-0.39, 0.29) is 18.1 Å². The van der Waals surface area contributed by atoms with E-state index in [9.17, 15) is 8.78 Å². The standard InChI is InChI=1S/C10H12F2O2/c1-6(5-13)7-2-3-9(14)8(4-7)10(11)12/h2-4,6,10,13-14H,5H2,1H3. The van der Waals surface area contributed by atoms with Crippen LogP contribution in [0, 0.1) is 0 Å². The van der Waals surface area contributed by atoms with Gasteiger partial charge in [0.2, 0.25) is 0 Å². The molecule has 1 atom stereocenters. The van der Waals surface area contributed by atoms with Crippen LogP contribution in [0.1, 0.15) is 30.4 Å². The number of aromatic hydroxyl groups is 1. The molecule has 0 heterocycles. The molecule has 0 spiro atoms. The highest BCUT2D eigenvalue weighted by Crippen LogP contribution is 2.30. The van der Waals surface area contributed by atoms with Crippen LogP contribution in [0.5, 0.6) is 5.75 Å². The summed E-state index contributed by atoms with van der Waals surface area (Å²) in [6.07, 6.45) is -2.69. The molecule has 0 fully saturated rings. The summed E-state index contributed by atoms with van der Waals surface area (Å²) in [5.74, 6) is -0.609. The number of alkyl halides is 2. The molecule has 0 aromatic heterocycles. The lowest BCUT2D eigenvalue weighted by atomic mass is 9.99. The van der Waals surface area contributed by atoms with Gasteiger partial charge in [-0.3, -0.25) is 0 Å². The molecule has 0 aliphatic rings. The second kappa shape index (κ2) is 4.37. The van der Waals surface area contributed by atoms with Crippen molar-refractivity contribution in [2.75, 3.05) is 6.61 Å². The number of aliphatic hydroxyl groups is 1. The molecule has 4 heteroatoms. The highest BCUT2D eigenvalue weighted by molar-refractivity contribution is 5.38. The van der Waals surface area contributed by atoms with Gasteiger partial charge >= 0.3 is 0 Å². The molecule has 0 radical (unpaired) electrons. The van der Waals surface area contributed by atoms with Gasteiger partial charge in [0.25, 0.3) is 6.43 Å². The van der Waals surface area contributed by atoms with Gasteiger partial charge in [-0.15, -0.1) is 0 Å². The van der Waals surface area contributed by atoms with Crippen molar-refractivity contribution in [2.24, 2.45) is 0 Å². The van der Waals surface area contributed by atoms with E-state index in [0.717, 1.165) is 0 Å². The van der Waals surface area contributed by atoms with Gasteiger partial charge in [-0.05, 0) is 17.7 Å². The lowest BCUT2D eigenvalue weighted by Gasteiger charge is -2.11. The molecule has 14 heavy (non-hydrogen) atoms. The van der Waals surface area contributed by atoms with Gasteiger partial charge in [0.1, 0.15) is 5.75 Å². The number of hydrogen-bond acceptors (Lipinski definition) is 2. The van der Waals surface area contributed by atoms with Crippen LogP contribution in [-0.2, 0) is 0 Å². The van der Waals surface area contributed by atoms with Crippen molar-refractivity contribution in [3.8, 4) is 5.75 Å². The van der Waals surface area contributed by atoms with Crippen molar-refractivity contribution in [1.82, 2.24) is 0 Å². The minimum absolute atomic E-state index is 0.104. The van der Waals surface area contributed by atoms with Crippen LogP contribution in [0.4, 0.5) is 8.78 Å². The maximum Gasteiger partial charge on any atom is 0.267 e. The van der Waals surface area contributed by atoms with E-state index in [1.54, 1.807) is 6.92 Å². The van der Waals surface area contributed by atoms with Crippen molar-refractivity contribution in [3.63, 3.8) is 0 Å². The summed E-state index contributed by atoms with van der Waals surface area (Å²) in [5, 5.41) is 18.0. The summed E-state index contributed by atoms with van der Waals surface area (Å²) >= 11 is 0. The summed E-state index contributed by atoms with van der Waals surface area (Å²) in [4.78, 5) is 0. The van der Waals surface area contributed by atoms with Gasteiger partial charge in [0.15, 0.2) is 0 Å². The summed E-state index contributed by atoms with van der Waals surface area (Å²) in [7, 11) is 0. The molecule has 2 nitrogen and oxygen atoms in total. The fraction of sp³-hybridized carbons (Fsp3) is 0.400. The predicted molar refractivity (Wildman–Crippen MR) is 48.6 cm³/mol. The van der Waals surface area contributed by atoms with E-state index in [4.69, 9.17) is 10.2 Å². The van der Waals surface area contributed by atoms with E-state index in [1.807, 2.05) is 0 Å². The van der Waals surface area contributed by atoms with E-state index in [0.29, 0.717) is 5.56 Å². The monoisotopic (exact) mass is 202 g/mol. The quantitative estimate of drug-likeness (QED) is 0.790. The molecule has 0 saturated carbocycles. The minimum atomic E-state index is -2.69. The van der Waals surface area contributed by atoms with Crippen LogP contribution in [0.15, 0.2) is 18.2 Å². The van der Waals surface area contributed by atoms with Crippen LogP contribution in [0.3, 0.4) is 0 Å². The van der Waals surface area contributed by atoms with Gasteiger partial charge < -0.3 is 10.2 Å². The average molecular weight is 202 g/mol. The Bertz CT molecular complexity index is 313. The van der Waals surface area contributed by atoms with Crippen molar-refractivity contribution in [3.05, 3.63) is 29.3 Å². The number of aliphatic hydroxyl groups excluding tert-OH is 1. The van der Waals surface area contributed by atoms with Gasteiger partial charge in [-0.2, -0.15) is 0 Å². The molecule has 0 aliphatic carbocycles. The van der Waals surface area contributed by atoms with E-state index < -0.39 is 12.2 Å². The van der Waals surface area contributed by atoms with Crippen molar-refractivity contribution in [2.45, 2.75) is 19.3 Å². The van der Waals surface area contributed by atoms with Gasteiger partial charge in [-0.1, -0.05) is 13.0 Å². The first-order chi connectivity index (χ1) is 6.56. The van der Waals surface area contributed by atoms with Gasteiger partial charge in [0, 0.05) is 12.5 Å². The molecule has 1 unspecified atom stereocenters. The summed E-state index contributed by atoms with van der Waals surface area (Å²) in [6, 6.07) is 3.98. The Morgan fingerprint density at radius 3 is 2.50 bits per heavy atom. The molecular weight excluding hydrogens is 190 g/mol. The Kier molecular flexibility index (Phi) is 3.41. The maximum atomic E-state index is 12.4. The summed E-state index contributed by atoms with van der Waals surface area (Å²) in [5.41, 5.74) is 0.211. The van der Waals surface area contributed by atoms with Crippen LogP contribution < -0.4 is 0 Å². The molecular formula is C10H12F2O2. The number of phenolic OH excluding ortho intramolecular Hbond substituents is 1. The van der Waals surface area contributed by atoms with Gasteiger partial charge in [0.05, 0.1) is 5.56 Å². The Labute approximate surface area is 80.8 Å². The third-order valence-electron chi connectivity index (χ3n) is 2.13. The predicted octanol–water partition coefficient (Wildman–Crippen LogP) is 2.43. The molecule has 0 aliphatic heterocycles. The Morgan fingerprint density at radius 2 is 2.00 bits per heavy atom. The first-order valence-corrected chi connectivity index (χ1v) is 4.28. The number of benzene rings is 1. The molecule has 1 aromatic rings. The Morgan fingerprint density at radius 1 is 1.36 bits per heavy atom. The molecule has 2 N–H and O–H groups in total. The zero-order chi connectivity index (χ0) is 10.7. The number of halogens is 2. The highest BCUT2D eigenvalue weighted by Gasteiger charge is 2.14. The van der Waals surface area contributed by atoms with Gasteiger partial charge in [-0.25, -0.2) is 8.78 Å². The number of hydrogen-bond donors (Lipinski definition) is 2. The zero-order valence-electron chi connectivity index (χ0n) is 7.74. The molecule has 0 bridgehead atoms. The van der Waals surface area contributed by atoms with Crippen molar-refractivity contribution in [1.29, 1.82) is 0 Å². The normalized spacial score (nSPS) is 13.2.